The molecule has 7 heteroatoms. The van der Waals surface area contributed by atoms with Crippen molar-refractivity contribution >= 4 is 17.6 Å². The summed E-state index contributed by atoms with van der Waals surface area (Å²) >= 11 is 5.56. The molecular formula is C10H7ClF2N2O2. The quantitative estimate of drug-likeness (QED) is 0.843. The van der Waals surface area contributed by atoms with E-state index < -0.39 is 24.5 Å². The van der Waals surface area contributed by atoms with Crippen LogP contribution in [-0.4, -0.2) is 16.1 Å². The summed E-state index contributed by atoms with van der Waals surface area (Å²) in [5.74, 6) is -1.50. The van der Waals surface area contributed by atoms with Crippen LogP contribution in [0.5, 0.6) is 0 Å². The Morgan fingerprint density at radius 3 is 2.65 bits per heavy atom. The fraction of sp³-hybridized carbons (Fsp3) is 0.300. The van der Waals surface area contributed by atoms with Crippen LogP contribution < -0.4 is 0 Å². The third-order valence-electron chi connectivity index (χ3n) is 2.12. The molecule has 0 unspecified atom stereocenters. The molecule has 0 saturated carbocycles. The predicted octanol–water partition coefficient (Wildman–Crippen LogP) is 2.26. The van der Waals surface area contributed by atoms with Crippen LogP contribution >= 0.6 is 11.6 Å². The van der Waals surface area contributed by atoms with Gasteiger partial charge in [0.25, 0.3) is 6.43 Å². The second kappa shape index (κ2) is 5.55. The van der Waals surface area contributed by atoms with Crippen molar-refractivity contribution in [1.82, 2.24) is 4.98 Å². The molecule has 1 aromatic rings. The van der Waals surface area contributed by atoms with Gasteiger partial charge in [-0.25, -0.2) is 8.78 Å². The summed E-state index contributed by atoms with van der Waals surface area (Å²) in [6.45, 7) is 0. The van der Waals surface area contributed by atoms with Crippen LogP contribution in [0.2, 0.25) is 0 Å². The van der Waals surface area contributed by atoms with E-state index in [1.54, 1.807) is 6.07 Å². The van der Waals surface area contributed by atoms with E-state index in [1.165, 1.54) is 0 Å². The molecule has 0 aliphatic carbocycles. The van der Waals surface area contributed by atoms with E-state index in [2.05, 4.69) is 4.98 Å². The monoisotopic (exact) mass is 260 g/mol. The van der Waals surface area contributed by atoms with Gasteiger partial charge in [-0.05, 0) is 11.1 Å². The molecule has 1 N–H and O–H groups in total. The topological polar surface area (TPSA) is 74.0 Å². The van der Waals surface area contributed by atoms with E-state index in [-0.39, 0.29) is 22.6 Å². The highest BCUT2D eigenvalue weighted by Crippen LogP contribution is 2.27. The van der Waals surface area contributed by atoms with Gasteiger partial charge in [-0.2, -0.15) is 5.26 Å². The fourth-order valence-corrected chi connectivity index (χ4v) is 1.70. The van der Waals surface area contributed by atoms with E-state index in [0.29, 0.717) is 0 Å². The van der Waals surface area contributed by atoms with Crippen molar-refractivity contribution in [3.63, 3.8) is 0 Å². The zero-order valence-electron chi connectivity index (χ0n) is 8.45. The van der Waals surface area contributed by atoms with Crippen molar-refractivity contribution in [2.75, 3.05) is 0 Å². The Labute approximate surface area is 100 Å². The first kappa shape index (κ1) is 13.3. The van der Waals surface area contributed by atoms with Crippen LogP contribution in [0, 0.1) is 11.3 Å². The lowest BCUT2D eigenvalue weighted by Crippen LogP contribution is -2.10. The van der Waals surface area contributed by atoms with Crippen LogP contribution in [0.3, 0.4) is 0 Å². The molecule has 0 aliphatic rings. The second-order valence-electron chi connectivity index (χ2n) is 3.13. The number of aromatic nitrogens is 1. The molecule has 90 valence electrons. The second-order valence-corrected chi connectivity index (χ2v) is 3.40. The number of rotatable bonds is 4. The Kier molecular flexibility index (Phi) is 4.35. The number of carboxylic acid groups (broad SMARTS) is 1. The summed E-state index contributed by atoms with van der Waals surface area (Å²) in [4.78, 5) is 14.0. The Bertz CT molecular complexity index is 486. The highest BCUT2D eigenvalue weighted by Gasteiger charge is 2.22. The molecule has 0 fully saturated rings. The van der Waals surface area contributed by atoms with E-state index in [1.807, 2.05) is 0 Å². The number of halogens is 3. The minimum Gasteiger partial charge on any atom is -0.481 e. The minimum atomic E-state index is -2.90. The van der Waals surface area contributed by atoms with Crippen molar-refractivity contribution in [2.24, 2.45) is 0 Å². The Balaban J connectivity index is 3.45. The number of nitrogens with zero attached hydrogens (tertiary/aromatic N) is 2. The maximum Gasteiger partial charge on any atom is 0.307 e. The Morgan fingerprint density at radius 1 is 1.59 bits per heavy atom. The number of hydrogen-bond donors (Lipinski definition) is 1. The highest BCUT2D eigenvalue weighted by atomic mass is 35.5. The van der Waals surface area contributed by atoms with Crippen LogP contribution in [0.15, 0.2) is 6.20 Å². The Hall–Kier alpha value is -1.74. The van der Waals surface area contributed by atoms with Crippen LogP contribution in [0.1, 0.15) is 28.8 Å². The first-order chi connectivity index (χ1) is 8.01. The standard InChI is InChI=1S/C10H7ClF2N2O2/c11-2-7-5(3-14)4-15-9(10(12)13)6(7)1-8(16)17/h4,10H,1-2H2,(H,16,17). The molecule has 0 spiro atoms. The maximum atomic E-state index is 12.6. The van der Waals surface area contributed by atoms with Gasteiger partial charge in [-0.15, -0.1) is 11.6 Å². The third kappa shape index (κ3) is 2.88. The van der Waals surface area contributed by atoms with Gasteiger partial charge in [0.1, 0.15) is 11.8 Å². The van der Waals surface area contributed by atoms with Gasteiger partial charge in [-0.3, -0.25) is 9.78 Å². The summed E-state index contributed by atoms with van der Waals surface area (Å²) in [5.41, 5.74) is -0.703. The summed E-state index contributed by atoms with van der Waals surface area (Å²) in [7, 11) is 0. The Morgan fingerprint density at radius 2 is 2.24 bits per heavy atom. The molecule has 0 saturated heterocycles. The zero-order valence-corrected chi connectivity index (χ0v) is 9.21. The van der Waals surface area contributed by atoms with Crippen molar-refractivity contribution in [2.45, 2.75) is 18.7 Å². The molecule has 0 radical (unpaired) electrons. The van der Waals surface area contributed by atoms with E-state index >= 15 is 0 Å². The van der Waals surface area contributed by atoms with Crippen molar-refractivity contribution < 1.29 is 18.7 Å². The van der Waals surface area contributed by atoms with Crippen molar-refractivity contribution in [3.05, 3.63) is 28.6 Å². The maximum absolute atomic E-state index is 12.6. The van der Waals surface area contributed by atoms with Gasteiger partial charge >= 0.3 is 5.97 Å². The van der Waals surface area contributed by atoms with Gasteiger partial charge in [0.2, 0.25) is 0 Å². The van der Waals surface area contributed by atoms with Gasteiger partial charge < -0.3 is 5.11 Å². The van der Waals surface area contributed by atoms with Crippen LogP contribution in [0.4, 0.5) is 8.78 Å². The van der Waals surface area contributed by atoms with Crippen LogP contribution in [-0.2, 0) is 17.1 Å². The minimum absolute atomic E-state index is 0.0145. The number of aliphatic carboxylic acids is 1. The summed E-state index contributed by atoms with van der Waals surface area (Å²) in [6.07, 6.45) is -2.56. The lowest BCUT2D eigenvalue weighted by Gasteiger charge is -2.11. The first-order valence-corrected chi connectivity index (χ1v) is 5.01. The van der Waals surface area contributed by atoms with E-state index in [0.717, 1.165) is 6.20 Å². The third-order valence-corrected chi connectivity index (χ3v) is 2.39. The molecule has 0 aliphatic heterocycles. The van der Waals surface area contributed by atoms with Gasteiger partial charge in [-0.1, -0.05) is 0 Å². The van der Waals surface area contributed by atoms with Gasteiger partial charge in [0.15, 0.2) is 0 Å². The molecular weight excluding hydrogens is 254 g/mol. The number of nitriles is 1. The average molecular weight is 261 g/mol. The zero-order chi connectivity index (χ0) is 13.0. The first-order valence-electron chi connectivity index (χ1n) is 4.47. The lowest BCUT2D eigenvalue weighted by molar-refractivity contribution is -0.136. The molecule has 1 rings (SSSR count). The van der Waals surface area contributed by atoms with Crippen molar-refractivity contribution in [1.29, 1.82) is 5.26 Å². The number of carbonyl (C=O) groups is 1. The van der Waals surface area contributed by atoms with Crippen molar-refractivity contribution in [3.8, 4) is 6.07 Å². The molecule has 0 atom stereocenters. The lowest BCUT2D eigenvalue weighted by atomic mass is 10.0. The molecule has 0 bridgehead atoms. The fourth-order valence-electron chi connectivity index (χ4n) is 1.39. The summed E-state index contributed by atoms with van der Waals surface area (Å²) in [5, 5.41) is 17.4. The predicted molar refractivity (Wildman–Crippen MR) is 54.8 cm³/mol. The SMILES string of the molecule is N#Cc1cnc(C(F)F)c(CC(=O)O)c1CCl. The number of hydrogen-bond acceptors (Lipinski definition) is 3. The molecule has 0 aromatic carbocycles. The molecule has 1 heterocycles. The summed E-state index contributed by atoms with van der Waals surface area (Å²) < 4.78 is 25.3. The average Bonchev–Trinajstić information content (AvgIpc) is 2.27. The summed E-state index contributed by atoms with van der Waals surface area (Å²) in [6, 6.07) is 1.74. The normalized spacial score (nSPS) is 10.3. The van der Waals surface area contributed by atoms with Gasteiger partial charge in [0.05, 0.1) is 12.0 Å². The molecule has 4 nitrogen and oxygen atoms in total. The number of pyridine rings is 1. The number of carboxylic acids is 1. The van der Waals surface area contributed by atoms with Crippen LogP contribution in [0.25, 0.3) is 0 Å². The molecule has 1 aromatic heterocycles. The molecule has 0 amide bonds. The smallest absolute Gasteiger partial charge is 0.307 e. The van der Waals surface area contributed by atoms with E-state index in [9.17, 15) is 13.6 Å². The molecule has 17 heavy (non-hydrogen) atoms. The number of alkyl halides is 3. The van der Waals surface area contributed by atoms with Gasteiger partial charge in [0, 0.05) is 12.1 Å². The highest BCUT2D eigenvalue weighted by molar-refractivity contribution is 6.17. The largest absolute Gasteiger partial charge is 0.481 e. The van der Waals surface area contributed by atoms with E-state index in [4.69, 9.17) is 22.0 Å².